The highest BCUT2D eigenvalue weighted by atomic mass is 19.1. The van der Waals surface area contributed by atoms with Gasteiger partial charge in [0.15, 0.2) is 0 Å². The molecule has 0 spiro atoms. The third-order valence-corrected chi connectivity index (χ3v) is 4.13. The molecule has 22 heavy (non-hydrogen) atoms. The van der Waals surface area contributed by atoms with Gasteiger partial charge in [0, 0.05) is 13.1 Å². The fourth-order valence-corrected chi connectivity index (χ4v) is 2.81. The first-order chi connectivity index (χ1) is 10.7. The number of nitrogens with zero attached hydrogens (tertiary/aromatic N) is 1. The van der Waals surface area contributed by atoms with Crippen molar-refractivity contribution in [2.45, 2.75) is 26.3 Å². The van der Waals surface area contributed by atoms with E-state index in [1.165, 1.54) is 25.0 Å². The molecular formula is C17H26FN3O. The predicted octanol–water partition coefficient (Wildman–Crippen LogP) is 1.76. The van der Waals surface area contributed by atoms with Gasteiger partial charge < -0.3 is 10.6 Å². The highest BCUT2D eigenvalue weighted by molar-refractivity contribution is 5.78. The van der Waals surface area contributed by atoms with Crippen molar-refractivity contribution in [3.8, 4) is 0 Å². The van der Waals surface area contributed by atoms with Crippen LogP contribution in [0.15, 0.2) is 24.3 Å². The van der Waals surface area contributed by atoms with E-state index in [0.717, 1.165) is 31.7 Å². The molecule has 1 atom stereocenters. The van der Waals surface area contributed by atoms with Crippen molar-refractivity contribution in [2.75, 3.05) is 32.7 Å². The van der Waals surface area contributed by atoms with Crippen LogP contribution in [0.2, 0.25) is 0 Å². The van der Waals surface area contributed by atoms with E-state index in [2.05, 4.69) is 22.5 Å². The number of likely N-dealkylation sites (N-methyl/N-ethyl adjacent to an activating group) is 1. The molecule has 1 aliphatic heterocycles. The molecule has 1 amide bonds. The van der Waals surface area contributed by atoms with E-state index in [1.807, 2.05) is 0 Å². The second kappa shape index (κ2) is 8.86. The zero-order valence-corrected chi connectivity index (χ0v) is 13.3. The van der Waals surface area contributed by atoms with E-state index in [1.54, 1.807) is 12.1 Å². The Morgan fingerprint density at radius 1 is 1.41 bits per heavy atom. The minimum absolute atomic E-state index is 0.0231. The monoisotopic (exact) mass is 307 g/mol. The molecule has 0 radical (unpaired) electrons. The van der Waals surface area contributed by atoms with Gasteiger partial charge in [-0.2, -0.15) is 0 Å². The van der Waals surface area contributed by atoms with Gasteiger partial charge in [-0.1, -0.05) is 19.1 Å². The van der Waals surface area contributed by atoms with Crippen LogP contribution in [0.3, 0.4) is 0 Å². The molecule has 5 heteroatoms. The Balaban J connectivity index is 1.72. The first kappa shape index (κ1) is 16.9. The van der Waals surface area contributed by atoms with Crippen molar-refractivity contribution in [1.29, 1.82) is 0 Å². The van der Waals surface area contributed by atoms with Crippen molar-refractivity contribution in [2.24, 2.45) is 5.92 Å². The van der Waals surface area contributed by atoms with Gasteiger partial charge in [0.1, 0.15) is 5.82 Å². The molecule has 2 N–H and O–H groups in total. The standard InChI is InChI=1S/C17H26FN3O/c1-2-21(12-15-4-3-9-19-10-15)13-17(22)20-11-14-5-7-16(18)8-6-14/h5-8,15,19H,2-4,9-13H2,1H3,(H,20,22). The average molecular weight is 307 g/mol. The second-order valence-electron chi connectivity index (χ2n) is 5.94. The average Bonchev–Trinajstić information content (AvgIpc) is 2.54. The molecule has 0 aromatic heterocycles. The number of halogens is 1. The Labute approximate surface area is 132 Å². The summed E-state index contributed by atoms with van der Waals surface area (Å²) in [5.74, 6) is 0.405. The number of benzene rings is 1. The van der Waals surface area contributed by atoms with E-state index in [9.17, 15) is 9.18 Å². The molecule has 1 aromatic rings. The lowest BCUT2D eigenvalue weighted by atomic mass is 9.99. The lowest BCUT2D eigenvalue weighted by Gasteiger charge is -2.29. The van der Waals surface area contributed by atoms with Crippen LogP contribution in [0.5, 0.6) is 0 Å². The van der Waals surface area contributed by atoms with Crippen molar-refractivity contribution in [1.82, 2.24) is 15.5 Å². The lowest BCUT2D eigenvalue weighted by molar-refractivity contribution is -0.122. The highest BCUT2D eigenvalue weighted by Gasteiger charge is 2.17. The molecule has 0 aliphatic carbocycles. The molecule has 1 aromatic carbocycles. The molecule has 4 nitrogen and oxygen atoms in total. The van der Waals surface area contributed by atoms with Gasteiger partial charge in [-0.25, -0.2) is 4.39 Å². The van der Waals surface area contributed by atoms with E-state index in [0.29, 0.717) is 19.0 Å². The first-order valence-electron chi connectivity index (χ1n) is 8.11. The summed E-state index contributed by atoms with van der Waals surface area (Å²) in [5.41, 5.74) is 0.911. The topological polar surface area (TPSA) is 44.4 Å². The number of rotatable bonds is 7. The van der Waals surface area contributed by atoms with Crippen molar-refractivity contribution >= 4 is 5.91 Å². The zero-order valence-electron chi connectivity index (χ0n) is 13.3. The van der Waals surface area contributed by atoms with Crippen LogP contribution >= 0.6 is 0 Å². The number of piperidine rings is 1. The number of hydrogen-bond donors (Lipinski definition) is 2. The summed E-state index contributed by atoms with van der Waals surface area (Å²) < 4.78 is 12.8. The van der Waals surface area contributed by atoms with Gasteiger partial charge >= 0.3 is 0 Å². The van der Waals surface area contributed by atoms with Crippen LogP contribution < -0.4 is 10.6 Å². The van der Waals surface area contributed by atoms with Gasteiger partial charge in [0.2, 0.25) is 5.91 Å². The molecule has 1 heterocycles. The number of hydrogen-bond acceptors (Lipinski definition) is 3. The number of carbonyl (C=O) groups excluding carboxylic acids is 1. The normalized spacial score (nSPS) is 18.4. The largest absolute Gasteiger partial charge is 0.351 e. The van der Waals surface area contributed by atoms with Crippen LogP contribution in [0.25, 0.3) is 0 Å². The van der Waals surface area contributed by atoms with Crippen LogP contribution in [0.4, 0.5) is 4.39 Å². The molecule has 0 saturated carbocycles. The van der Waals surface area contributed by atoms with Gasteiger partial charge in [-0.15, -0.1) is 0 Å². The molecule has 0 bridgehead atoms. The lowest BCUT2D eigenvalue weighted by Crippen LogP contribution is -2.42. The Morgan fingerprint density at radius 2 is 2.18 bits per heavy atom. The minimum Gasteiger partial charge on any atom is -0.351 e. The Kier molecular flexibility index (Phi) is 6.80. The molecular weight excluding hydrogens is 281 g/mol. The number of nitrogens with one attached hydrogen (secondary N) is 2. The molecule has 2 rings (SSSR count). The van der Waals surface area contributed by atoms with Crippen LogP contribution in [0.1, 0.15) is 25.3 Å². The van der Waals surface area contributed by atoms with Crippen LogP contribution in [-0.2, 0) is 11.3 Å². The fourth-order valence-electron chi connectivity index (χ4n) is 2.81. The Hall–Kier alpha value is -1.46. The molecule has 1 fully saturated rings. The summed E-state index contributed by atoms with van der Waals surface area (Å²) >= 11 is 0. The second-order valence-corrected chi connectivity index (χ2v) is 5.94. The van der Waals surface area contributed by atoms with Gasteiger partial charge in [-0.3, -0.25) is 9.69 Å². The summed E-state index contributed by atoms with van der Waals surface area (Å²) in [7, 11) is 0. The Morgan fingerprint density at radius 3 is 2.82 bits per heavy atom. The third kappa shape index (κ3) is 5.73. The predicted molar refractivity (Wildman–Crippen MR) is 86.0 cm³/mol. The minimum atomic E-state index is -0.256. The smallest absolute Gasteiger partial charge is 0.234 e. The maximum atomic E-state index is 12.8. The molecule has 1 unspecified atom stereocenters. The summed E-state index contributed by atoms with van der Waals surface area (Å²) in [6.07, 6.45) is 2.46. The number of carbonyl (C=O) groups is 1. The first-order valence-corrected chi connectivity index (χ1v) is 8.11. The summed E-state index contributed by atoms with van der Waals surface area (Å²) in [6, 6.07) is 6.22. The van der Waals surface area contributed by atoms with Gasteiger partial charge in [0.05, 0.1) is 6.54 Å². The summed E-state index contributed by atoms with van der Waals surface area (Å²) in [6.45, 7) is 6.96. The molecule has 1 aliphatic rings. The van der Waals surface area contributed by atoms with E-state index in [-0.39, 0.29) is 11.7 Å². The SMILES string of the molecule is CCN(CC(=O)NCc1ccc(F)cc1)CC1CCCNC1. The summed E-state index contributed by atoms with van der Waals surface area (Å²) in [4.78, 5) is 14.2. The van der Waals surface area contributed by atoms with Gasteiger partial charge in [-0.05, 0) is 56.1 Å². The van der Waals surface area contributed by atoms with E-state index >= 15 is 0 Å². The summed E-state index contributed by atoms with van der Waals surface area (Å²) in [5, 5.41) is 6.31. The van der Waals surface area contributed by atoms with Crippen LogP contribution in [-0.4, -0.2) is 43.5 Å². The maximum absolute atomic E-state index is 12.8. The van der Waals surface area contributed by atoms with Gasteiger partial charge in [0.25, 0.3) is 0 Å². The maximum Gasteiger partial charge on any atom is 0.234 e. The van der Waals surface area contributed by atoms with Crippen LogP contribution in [0, 0.1) is 11.7 Å². The zero-order chi connectivity index (χ0) is 15.8. The van der Waals surface area contributed by atoms with E-state index < -0.39 is 0 Å². The third-order valence-electron chi connectivity index (χ3n) is 4.13. The van der Waals surface area contributed by atoms with Crippen molar-refractivity contribution in [3.05, 3.63) is 35.6 Å². The van der Waals surface area contributed by atoms with Crippen molar-refractivity contribution in [3.63, 3.8) is 0 Å². The van der Waals surface area contributed by atoms with Crippen molar-refractivity contribution < 1.29 is 9.18 Å². The number of amides is 1. The van der Waals surface area contributed by atoms with E-state index in [4.69, 9.17) is 0 Å². The molecule has 1 saturated heterocycles. The fraction of sp³-hybridized carbons (Fsp3) is 0.588. The quantitative estimate of drug-likeness (QED) is 0.807. The molecule has 122 valence electrons. The highest BCUT2D eigenvalue weighted by Crippen LogP contribution is 2.11. The Bertz CT molecular complexity index is 457.